The number of rotatable bonds is 2. The number of benzene rings is 2. The largest absolute Gasteiger partial charge is 0.465 e. The Labute approximate surface area is 125 Å². The van der Waals surface area contributed by atoms with Crippen LogP contribution in [0.25, 0.3) is 22.3 Å². The molecule has 0 aliphatic rings. The van der Waals surface area contributed by atoms with Crippen molar-refractivity contribution in [3.63, 3.8) is 0 Å². The fourth-order valence-electron chi connectivity index (χ4n) is 2.22. The number of hydrogen-bond acceptors (Lipinski definition) is 5. The summed E-state index contributed by atoms with van der Waals surface area (Å²) in [4.78, 5) is 31.0. The monoisotopic (exact) mass is 295 g/mol. The van der Waals surface area contributed by atoms with Gasteiger partial charge in [-0.1, -0.05) is 30.3 Å². The molecule has 0 radical (unpaired) electrons. The van der Waals surface area contributed by atoms with Crippen molar-refractivity contribution < 1.29 is 9.53 Å². The van der Waals surface area contributed by atoms with Crippen LogP contribution in [0.4, 0.5) is 5.69 Å². The van der Waals surface area contributed by atoms with E-state index >= 15 is 0 Å². The zero-order chi connectivity index (χ0) is 15.7. The lowest BCUT2D eigenvalue weighted by Gasteiger charge is -2.07. The molecule has 0 aliphatic carbocycles. The first kappa shape index (κ1) is 13.8. The average molecular weight is 295 g/mol. The van der Waals surface area contributed by atoms with Crippen molar-refractivity contribution in [1.82, 2.24) is 9.97 Å². The molecule has 22 heavy (non-hydrogen) atoms. The molecule has 0 fully saturated rings. The molecular formula is C16H13N3O3. The maximum Gasteiger partial charge on any atom is 0.340 e. The van der Waals surface area contributed by atoms with Crippen molar-refractivity contribution in [1.29, 1.82) is 0 Å². The van der Waals surface area contributed by atoms with E-state index in [4.69, 9.17) is 5.73 Å². The quantitative estimate of drug-likeness (QED) is 0.556. The molecule has 110 valence electrons. The zero-order valence-electron chi connectivity index (χ0n) is 11.8. The van der Waals surface area contributed by atoms with Crippen molar-refractivity contribution in [3.8, 4) is 11.4 Å². The van der Waals surface area contributed by atoms with E-state index in [-0.39, 0.29) is 16.8 Å². The van der Waals surface area contributed by atoms with Crippen LogP contribution in [0.2, 0.25) is 0 Å². The van der Waals surface area contributed by atoms with E-state index in [0.717, 1.165) is 5.56 Å². The number of nitrogens with zero attached hydrogens (tertiary/aromatic N) is 1. The van der Waals surface area contributed by atoms with Gasteiger partial charge in [0.05, 0.1) is 23.6 Å². The first-order chi connectivity index (χ1) is 10.6. The van der Waals surface area contributed by atoms with E-state index in [1.807, 2.05) is 30.3 Å². The van der Waals surface area contributed by atoms with E-state index in [2.05, 4.69) is 14.7 Å². The van der Waals surface area contributed by atoms with Crippen LogP contribution in [0.15, 0.2) is 47.3 Å². The van der Waals surface area contributed by atoms with Gasteiger partial charge in [0.25, 0.3) is 5.56 Å². The maximum absolute atomic E-state index is 12.2. The van der Waals surface area contributed by atoms with Gasteiger partial charge < -0.3 is 15.5 Å². The number of aromatic amines is 1. The fraction of sp³-hybridized carbons (Fsp3) is 0.0625. The molecule has 3 aromatic rings. The molecule has 0 bridgehead atoms. The molecule has 0 saturated heterocycles. The van der Waals surface area contributed by atoms with Gasteiger partial charge in [-0.25, -0.2) is 9.78 Å². The highest BCUT2D eigenvalue weighted by Crippen LogP contribution is 2.21. The molecule has 1 aromatic heterocycles. The molecule has 0 saturated carbocycles. The van der Waals surface area contributed by atoms with Gasteiger partial charge in [-0.3, -0.25) is 4.79 Å². The number of nitrogens with two attached hydrogens (primary N) is 1. The molecule has 0 spiro atoms. The minimum atomic E-state index is -0.567. The highest BCUT2D eigenvalue weighted by atomic mass is 16.5. The number of nitrogens with one attached hydrogen (secondary N) is 1. The van der Waals surface area contributed by atoms with Gasteiger partial charge in [-0.05, 0) is 12.1 Å². The van der Waals surface area contributed by atoms with Crippen LogP contribution in [0.1, 0.15) is 10.4 Å². The van der Waals surface area contributed by atoms with Crippen LogP contribution in [0, 0.1) is 0 Å². The number of aromatic nitrogens is 2. The lowest BCUT2D eigenvalue weighted by Crippen LogP contribution is -2.12. The SMILES string of the molecule is COC(=O)c1cc2nc(-c3ccccc3)[nH]c(=O)c2cc1N. The molecule has 3 rings (SSSR count). The van der Waals surface area contributed by atoms with Crippen LogP contribution >= 0.6 is 0 Å². The third-order valence-corrected chi connectivity index (χ3v) is 3.33. The maximum atomic E-state index is 12.2. The predicted octanol–water partition coefficient (Wildman–Crippen LogP) is 1.96. The number of carbonyl (C=O) groups is 1. The summed E-state index contributed by atoms with van der Waals surface area (Å²) >= 11 is 0. The Hall–Kier alpha value is -3.15. The summed E-state index contributed by atoms with van der Waals surface area (Å²) in [7, 11) is 1.27. The number of fused-ring (bicyclic) bond motifs is 1. The molecule has 2 aromatic carbocycles. The Morgan fingerprint density at radius 2 is 1.95 bits per heavy atom. The van der Waals surface area contributed by atoms with Gasteiger partial charge in [0.15, 0.2) is 0 Å². The minimum Gasteiger partial charge on any atom is -0.465 e. The van der Waals surface area contributed by atoms with Crippen molar-refractivity contribution in [2.75, 3.05) is 12.8 Å². The summed E-state index contributed by atoms with van der Waals surface area (Å²) in [5, 5.41) is 0.324. The molecule has 3 N–H and O–H groups in total. The highest BCUT2D eigenvalue weighted by Gasteiger charge is 2.14. The number of ether oxygens (including phenoxy) is 1. The van der Waals surface area contributed by atoms with E-state index in [1.165, 1.54) is 19.2 Å². The van der Waals surface area contributed by atoms with Gasteiger partial charge in [-0.15, -0.1) is 0 Å². The van der Waals surface area contributed by atoms with Gasteiger partial charge >= 0.3 is 5.97 Å². The standard InChI is InChI=1S/C16H13N3O3/c1-22-16(21)10-8-13-11(7-12(10)17)15(20)19-14(18-13)9-5-3-2-4-6-9/h2-8H,17H2,1H3,(H,18,19,20). The summed E-state index contributed by atoms with van der Waals surface area (Å²) in [6, 6.07) is 12.1. The average Bonchev–Trinajstić information content (AvgIpc) is 2.55. The third kappa shape index (κ3) is 2.31. The molecule has 1 heterocycles. The molecule has 0 aliphatic heterocycles. The van der Waals surface area contributed by atoms with Crippen molar-refractivity contribution in [2.45, 2.75) is 0 Å². The van der Waals surface area contributed by atoms with Crippen molar-refractivity contribution in [2.24, 2.45) is 0 Å². The lowest BCUT2D eigenvalue weighted by atomic mass is 10.1. The fourth-order valence-corrected chi connectivity index (χ4v) is 2.22. The Kier molecular flexibility index (Phi) is 3.34. The van der Waals surface area contributed by atoms with Crippen LogP contribution in [-0.2, 0) is 4.74 Å². The normalized spacial score (nSPS) is 10.6. The highest BCUT2D eigenvalue weighted by molar-refractivity contribution is 6.00. The van der Waals surface area contributed by atoms with Crippen molar-refractivity contribution in [3.05, 3.63) is 58.4 Å². The second-order valence-corrected chi connectivity index (χ2v) is 4.73. The summed E-state index contributed by atoms with van der Waals surface area (Å²) in [6.07, 6.45) is 0. The first-order valence-corrected chi connectivity index (χ1v) is 6.57. The Morgan fingerprint density at radius 3 is 2.64 bits per heavy atom. The molecule has 0 atom stereocenters. The number of hydrogen-bond donors (Lipinski definition) is 2. The Morgan fingerprint density at radius 1 is 1.23 bits per heavy atom. The van der Waals surface area contributed by atoms with Crippen LogP contribution in [0.3, 0.4) is 0 Å². The number of carbonyl (C=O) groups excluding carboxylic acids is 1. The minimum absolute atomic E-state index is 0.180. The van der Waals surface area contributed by atoms with Crippen LogP contribution in [0.5, 0.6) is 0 Å². The summed E-state index contributed by atoms with van der Waals surface area (Å²) in [5.74, 6) is -0.138. The van der Waals surface area contributed by atoms with E-state index < -0.39 is 5.97 Å². The predicted molar refractivity (Wildman–Crippen MR) is 83.6 cm³/mol. The Balaban J connectivity index is 2.27. The van der Waals surface area contributed by atoms with Gasteiger partial charge in [0.2, 0.25) is 0 Å². The number of H-pyrrole nitrogens is 1. The second-order valence-electron chi connectivity index (χ2n) is 4.73. The van der Waals surface area contributed by atoms with E-state index in [9.17, 15) is 9.59 Å². The van der Waals surface area contributed by atoms with Gasteiger partial charge in [0.1, 0.15) is 5.82 Å². The van der Waals surface area contributed by atoms with Crippen LogP contribution < -0.4 is 11.3 Å². The molecule has 0 amide bonds. The number of nitrogen functional groups attached to an aromatic ring is 1. The number of methoxy groups -OCH3 is 1. The number of esters is 1. The first-order valence-electron chi connectivity index (χ1n) is 6.57. The summed E-state index contributed by atoms with van der Waals surface area (Å²) < 4.78 is 4.68. The molecule has 6 heteroatoms. The lowest BCUT2D eigenvalue weighted by molar-refractivity contribution is 0.0602. The third-order valence-electron chi connectivity index (χ3n) is 3.33. The smallest absolute Gasteiger partial charge is 0.340 e. The van der Waals surface area contributed by atoms with Crippen LogP contribution in [-0.4, -0.2) is 23.0 Å². The second kappa shape index (κ2) is 5.33. The number of anilines is 1. The van der Waals surface area contributed by atoms with Gasteiger partial charge in [-0.2, -0.15) is 0 Å². The summed E-state index contributed by atoms with van der Waals surface area (Å²) in [5.41, 5.74) is 7.02. The Bertz CT molecular complexity index is 917. The molecule has 0 unspecified atom stereocenters. The van der Waals surface area contributed by atoms with E-state index in [0.29, 0.717) is 16.7 Å². The van der Waals surface area contributed by atoms with E-state index in [1.54, 1.807) is 0 Å². The molecule has 6 nitrogen and oxygen atoms in total. The topological polar surface area (TPSA) is 98.1 Å². The molecular weight excluding hydrogens is 282 g/mol. The van der Waals surface area contributed by atoms with Gasteiger partial charge in [0, 0.05) is 11.3 Å². The summed E-state index contributed by atoms with van der Waals surface area (Å²) in [6.45, 7) is 0. The van der Waals surface area contributed by atoms with Crippen molar-refractivity contribution >= 4 is 22.6 Å². The zero-order valence-corrected chi connectivity index (χ0v) is 11.8.